The lowest BCUT2D eigenvalue weighted by Gasteiger charge is -2.18. The number of benzene rings is 2. The summed E-state index contributed by atoms with van der Waals surface area (Å²) >= 11 is 0. The second kappa shape index (κ2) is 9.31. The first-order valence-electron chi connectivity index (χ1n) is 11.3. The van der Waals surface area contributed by atoms with Crippen molar-refractivity contribution in [1.82, 2.24) is 25.2 Å². The van der Waals surface area contributed by atoms with Crippen molar-refractivity contribution in [2.75, 3.05) is 0 Å². The molecule has 0 bridgehead atoms. The predicted octanol–water partition coefficient (Wildman–Crippen LogP) is 2.39. The molecular formula is C26H22FN5O4. The van der Waals surface area contributed by atoms with Gasteiger partial charge >= 0.3 is 0 Å². The summed E-state index contributed by atoms with van der Waals surface area (Å²) < 4.78 is 14.4. The highest BCUT2D eigenvalue weighted by molar-refractivity contribution is 5.98. The number of rotatable bonds is 6. The van der Waals surface area contributed by atoms with Crippen LogP contribution in [0.5, 0.6) is 0 Å². The van der Waals surface area contributed by atoms with Crippen molar-refractivity contribution in [3.63, 3.8) is 0 Å². The second-order valence-corrected chi connectivity index (χ2v) is 8.63. The molecule has 1 aliphatic carbocycles. The number of halogens is 1. The molecule has 3 N–H and O–H groups in total. The highest BCUT2D eigenvalue weighted by Crippen LogP contribution is 2.32. The summed E-state index contributed by atoms with van der Waals surface area (Å²) in [5, 5.41) is 20.3. The molecule has 9 nitrogen and oxygen atoms in total. The van der Waals surface area contributed by atoms with E-state index in [9.17, 15) is 23.9 Å². The topological polar surface area (TPSA) is 126 Å². The highest BCUT2D eigenvalue weighted by atomic mass is 19.1. The zero-order chi connectivity index (χ0) is 25.4. The van der Waals surface area contributed by atoms with E-state index in [1.165, 1.54) is 35.8 Å². The average molecular weight is 487 g/mol. The standard InChI is InChI=1S/C26H22FN5O4/c1-14(33)16-4-7-19-17(10-16)11-22(34)24(19)31-26(36)21-12-20(30-23-8-9-29-32(21)23)25(35)28-13-15-2-5-18(27)6-3-15/h2-10,12,22,24,34H,11,13H2,1H3,(H,28,35)(H,31,36)/t22-,24+/m0/s1. The van der Waals surface area contributed by atoms with Crippen LogP contribution >= 0.6 is 0 Å². The Bertz CT molecular complexity index is 1500. The van der Waals surface area contributed by atoms with Gasteiger partial charge in [0, 0.05) is 30.7 Å². The maximum Gasteiger partial charge on any atom is 0.270 e. The van der Waals surface area contributed by atoms with E-state index in [4.69, 9.17) is 0 Å². The van der Waals surface area contributed by atoms with Crippen LogP contribution in [-0.4, -0.2) is 43.4 Å². The molecule has 0 fully saturated rings. The Hall–Kier alpha value is -4.44. The maximum atomic E-state index is 13.3. The Morgan fingerprint density at radius 1 is 1.08 bits per heavy atom. The fourth-order valence-corrected chi connectivity index (χ4v) is 4.31. The van der Waals surface area contributed by atoms with Crippen molar-refractivity contribution in [1.29, 1.82) is 0 Å². The molecule has 2 amide bonds. The maximum absolute atomic E-state index is 13.3. The number of hydrogen-bond donors (Lipinski definition) is 3. The molecule has 1 aliphatic rings. The van der Waals surface area contributed by atoms with Crippen LogP contribution < -0.4 is 10.6 Å². The monoisotopic (exact) mass is 487 g/mol. The number of Topliss-reactive ketones (excluding diaryl/α,β-unsaturated/α-hetero) is 1. The molecule has 10 heteroatoms. The Labute approximate surface area is 205 Å². The van der Waals surface area contributed by atoms with E-state index < -0.39 is 24.0 Å². The average Bonchev–Trinajstić information content (AvgIpc) is 3.46. The van der Waals surface area contributed by atoms with Crippen molar-refractivity contribution < 1.29 is 23.9 Å². The van der Waals surface area contributed by atoms with E-state index >= 15 is 0 Å². The van der Waals surface area contributed by atoms with Crippen LogP contribution in [0, 0.1) is 5.82 Å². The number of aromatic nitrogens is 3. The minimum absolute atomic E-state index is 0.00809. The van der Waals surface area contributed by atoms with Crippen LogP contribution in [0.15, 0.2) is 60.8 Å². The lowest BCUT2D eigenvalue weighted by molar-refractivity contribution is 0.0850. The number of amides is 2. The van der Waals surface area contributed by atoms with Gasteiger partial charge in [-0.3, -0.25) is 14.4 Å². The summed E-state index contributed by atoms with van der Waals surface area (Å²) in [6.45, 7) is 1.62. The van der Waals surface area contributed by atoms with Crippen molar-refractivity contribution in [3.05, 3.63) is 100 Å². The highest BCUT2D eigenvalue weighted by Gasteiger charge is 2.33. The number of carbonyl (C=O) groups excluding carboxylic acids is 3. The van der Waals surface area contributed by atoms with Gasteiger partial charge in [-0.15, -0.1) is 0 Å². The number of fused-ring (bicyclic) bond motifs is 2. The summed E-state index contributed by atoms with van der Waals surface area (Å²) in [6, 6.07) is 13.1. The summed E-state index contributed by atoms with van der Waals surface area (Å²) in [5.74, 6) is -1.52. The van der Waals surface area contributed by atoms with Gasteiger partial charge in [-0.1, -0.05) is 24.3 Å². The molecule has 182 valence electrons. The molecule has 2 aromatic carbocycles. The number of aliphatic hydroxyl groups is 1. The van der Waals surface area contributed by atoms with E-state index in [1.54, 1.807) is 36.4 Å². The lowest BCUT2D eigenvalue weighted by Crippen LogP contribution is -2.35. The van der Waals surface area contributed by atoms with E-state index in [0.29, 0.717) is 23.2 Å². The molecule has 0 aliphatic heterocycles. The van der Waals surface area contributed by atoms with Gasteiger partial charge in [-0.25, -0.2) is 13.9 Å². The van der Waals surface area contributed by atoms with Crippen molar-refractivity contribution in [2.45, 2.75) is 32.0 Å². The molecule has 0 radical (unpaired) electrons. The number of hydrogen-bond acceptors (Lipinski definition) is 6. The molecule has 2 atom stereocenters. The minimum Gasteiger partial charge on any atom is -0.390 e. The molecule has 4 aromatic rings. The number of ketones is 1. The first kappa shape index (κ1) is 23.3. The third kappa shape index (κ3) is 4.46. The molecule has 36 heavy (non-hydrogen) atoms. The minimum atomic E-state index is -0.875. The van der Waals surface area contributed by atoms with E-state index in [0.717, 1.165) is 11.1 Å². The number of nitrogens with one attached hydrogen (secondary N) is 2. The first-order chi connectivity index (χ1) is 17.3. The predicted molar refractivity (Wildman–Crippen MR) is 127 cm³/mol. The van der Waals surface area contributed by atoms with Gasteiger partial charge < -0.3 is 15.7 Å². The van der Waals surface area contributed by atoms with Gasteiger partial charge in [0.2, 0.25) is 0 Å². The smallest absolute Gasteiger partial charge is 0.270 e. The van der Waals surface area contributed by atoms with Crippen molar-refractivity contribution in [3.8, 4) is 0 Å². The third-order valence-electron chi connectivity index (χ3n) is 6.18. The molecule has 0 unspecified atom stereocenters. The van der Waals surface area contributed by atoms with Crippen molar-refractivity contribution >= 4 is 23.2 Å². The van der Waals surface area contributed by atoms with E-state index in [2.05, 4.69) is 20.7 Å². The Morgan fingerprint density at radius 2 is 1.86 bits per heavy atom. The quantitative estimate of drug-likeness (QED) is 0.359. The Balaban J connectivity index is 1.38. The van der Waals surface area contributed by atoms with Gasteiger partial charge in [0.05, 0.1) is 18.3 Å². The van der Waals surface area contributed by atoms with Crippen LogP contribution in [0.3, 0.4) is 0 Å². The Kier molecular flexibility index (Phi) is 6.03. The van der Waals surface area contributed by atoms with Crippen molar-refractivity contribution in [2.24, 2.45) is 0 Å². The summed E-state index contributed by atoms with van der Waals surface area (Å²) in [4.78, 5) is 42.1. The number of nitrogens with zero attached hydrogens (tertiary/aromatic N) is 3. The molecule has 0 spiro atoms. The largest absolute Gasteiger partial charge is 0.390 e. The van der Waals surface area contributed by atoms with Crippen LogP contribution in [0.1, 0.15) is 61.0 Å². The summed E-state index contributed by atoms with van der Waals surface area (Å²) in [6.07, 6.45) is 0.883. The molecule has 0 saturated carbocycles. The molecule has 5 rings (SSSR count). The SMILES string of the molecule is CC(=O)c1ccc2c(c1)C[C@H](O)[C@@H]2NC(=O)c1cc(C(=O)NCc2ccc(F)cc2)nc2ccnn12. The Morgan fingerprint density at radius 3 is 2.61 bits per heavy atom. The van der Waals surface area contributed by atoms with Crippen LogP contribution in [0.4, 0.5) is 4.39 Å². The van der Waals surface area contributed by atoms with Gasteiger partial charge in [-0.2, -0.15) is 5.10 Å². The fraction of sp³-hybridized carbons (Fsp3) is 0.192. The number of aliphatic hydroxyl groups excluding tert-OH is 1. The molecule has 0 saturated heterocycles. The van der Waals surface area contributed by atoms with Gasteiger partial charge in [0.1, 0.15) is 17.2 Å². The second-order valence-electron chi connectivity index (χ2n) is 8.63. The zero-order valence-electron chi connectivity index (χ0n) is 19.2. The summed E-state index contributed by atoms with van der Waals surface area (Å²) in [5.41, 5.74) is 3.13. The normalized spacial score (nSPS) is 16.5. The lowest BCUT2D eigenvalue weighted by atomic mass is 10.0. The van der Waals surface area contributed by atoms with E-state index in [1.807, 2.05) is 0 Å². The molecule has 2 aromatic heterocycles. The molecular weight excluding hydrogens is 465 g/mol. The third-order valence-corrected chi connectivity index (χ3v) is 6.18. The van der Waals surface area contributed by atoms with Gasteiger partial charge in [0.25, 0.3) is 11.8 Å². The van der Waals surface area contributed by atoms with Gasteiger partial charge in [0.15, 0.2) is 11.4 Å². The van der Waals surface area contributed by atoms with E-state index in [-0.39, 0.29) is 29.5 Å². The fourth-order valence-electron chi connectivity index (χ4n) is 4.31. The zero-order valence-corrected chi connectivity index (χ0v) is 19.2. The van der Waals surface area contributed by atoms with Crippen LogP contribution in [0.2, 0.25) is 0 Å². The van der Waals surface area contributed by atoms with Crippen LogP contribution in [-0.2, 0) is 13.0 Å². The first-order valence-corrected chi connectivity index (χ1v) is 11.3. The molecule has 2 heterocycles. The van der Waals surface area contributed by atoms with Crippen LogP contribution in [0.25, 0.3) is 5.65 Å². The number of carbonyl (C=O) groups is 3. The van der Waals surface area contributed by atoms with Gasteiger partial charge in [-0.05, 0) is 41.8 Å². The summed E-state index contributed by atoms with van der Waals surface area (Å²) in [7, 11) is 0.